The van der Waals surface area contributed by atoms with Gasteiger partial charge in [-0.15, -0.1) is 0 Å². The summed E-state index contributed by atoms with van der Waals surface area (Å²) in [4.78, 5) is 11.2. The molecule has 3 aliphatic carbocycles. The van der Waals surface area contributed by atoms with Crippen LogP contribution in [0.5, 0.6) is 0 Å². The number of fused-ring (bicyclic) bond motifs is 2. The smallest absolute Gasteiger partial charge is 0.133 e. The molecule has 0 aromatic carbocycles. The van der Waals surface area contributed by atoms with Crippen LogP contribution in [0.2, 0.25) is 0 Å². The Labute approximate surface area is 67.5 Å². The molecule has 1 saturated carbocycles. The van der Waals surface area contributed by atoms with Gasteiger partial charge in [0.15, 0.2) is 0 Å². The Bertz CT molecular complexity index is 205. The van der Waals surface area contributed by atoms with Crippen molar-refractivity contribution >= 4 is 5.78 Å². The van der Waals surface area contributed by atoms with Crippen LogP contribution in [0.3, 0.4) is 0 Å². The second kappa shape index (κ2) is 2.47. The van der Waals surface area contributed by atoms with Gasteiger partial charge < -0.3 is 0 Å². The van der Waals surface area contributed by atoms with Crippen LogP contribution in [0.25, 0.3) is 0 Å². The number of hydrogen-bond acceptors (Lipinski definition) is 1. The monoisotopic (exact) mass is 150 g/mol. The highest BCUT2D eigenvalue weighted by Crippen LogP contribution is 2.40. The third-order valence-corrected chi connectivity index (χ3v) is 3.10. The van der Waals surface area contributed by atoms with Crippen LogP contribution in [0, 0.1) is 17.8 Å². The largest absolute Gasteiger partial charge is 0.300 e. The van der Waals surface area contributed by atoms with E-state index in [1.807, 2.05) is 0 Å². The molecule has 3 aliphatic rings. The Morgan fingerprint density at radius 2 is 2.18 bits per heavy atom. The second-order valence-corrected chi connectivity index (χ2v) is 3.84. The van der Waals surface area contributed by atoms with Gasteiger partial charge in [0.05, 0.1) is 0 Å². The summed E-state index contributed by atoms with van der Waals surface area (Å²) in [6.45, 7) is 1.74. The minimum absolute atomic E-state index is 0.360. The van der Waals surface area contributed by atoms with Crippen molar-refractivity contribution in [1.82, 2.24) is 0 Å². The zero-order valence-electron chi connectivity index (χ0n) is 6.92. The number of hydrogen-bond donors (Lipinski definition) is 0. The lowest BCUT2D eigenvalue weighted by molar-refractivity contribution is -0.123. The van der Waals surface area contributed by atoms with Crippen molar-refractivity contribution in [3.63, 3.8) is 0 Å². The Morgan fingerprint density at radius 3 is 2.45 bits per heavy atom. The maximum absolute atomic E-state index is 11.2. The van der Waals surface area contributed by atoms with Gasteiger partial charge in [0.1, 0.15) is 5.78 Å². The van der Waals surface area contributed by atoms with Crippen molar-refractivity contribution in [3.8, 4) is 0 Å². The highest BCUT2D eigenvalue weighted by Gasteiger charge is 2.33. The van der Waals surface area contributed by atoms with E-state index < -0.39 is 0 Å². The van der Waals surface area contributed by atoms with E-state index in [2.05, 4.69) is 12.2 Å². The van der Waals surface area contributed by atoms with Crippen molar-refractivity contribution in [3.05, 3.63) is 12.2 Å². The molecule has 0 aromatic rings. The van der Waals surface area contributed by atoms with Crippen molar-refractivity contribution in [2.75, 3.05) is 0 Å². The minimum atomic E-state index is 0.360. The van der Waals surface area contributed by atoms with Gasteiger partial charge in [-0.3, -0.25) is 4.79 Å². The van der Waals surface area contributed by atoms with E-state index in [9.17, 15) is 4.79 Å². The van der Waals surface area contributed by atoms with E-state index in [1.165, 1.54) is 12.8 Å². The molecule has 60 valence electrons. The molecule has 11 heavy (non-hydrogen) atoms. The molecule has 0 N–H and O–H groups in total. The lowest BCUT2D eigenvalue weighted by Gasteiger charge is -2.36. The van der Waals surface area contributed by atoms with Crippen LogP contribution in [-0.2, 0) is 4.79 Å². The van der Waals surface area contributed by atoms with Crippen LogP contribution in [-0.4, -0.2) is 5.78 Å². The molecule has 0 radical (unpaired) electrons. The van der Waals surface area contributed by atoms with Crippen LogP contribution >= 0.6 is 0 Å². The fourth-order valence-electron chi connectivity index (χ4n) is 2.40. The van der Waals surface area contributed by atoms with E-state index in [4.69, 9.17) is 0 Å². The average molecular weight is 150 g/mol. The fraction of sp³-hybridized carbons (Fsp3) is 0.700. The minimum Gasteiger partial charge on any atom is -0.300 e. The molecular weight excluding hydrogens is 136 g/mol. The summed E-state index contributed by atoms with van der Waals surface area (Å²) < 4.78 is 0. The summed E-state index contributed by atoms with van der Waals surface area (Å²) in [5.41, 5.74) is 0. The van der Waals surface area contributed by atoms with Gasteiger partial charge in [0.2, 0.25) is 0 Å². The Kier molecular flexibility index (Phi) is 1.59. The molecule has 1 fully saturated rings. The van der Waals surface area contributed by atoms with E-state index in [1.54, 1.807) is 6.92 Å². The third kappa shape index (κ3) is 1.13. The quantitative estimate of drug-likeness (QED) is 0.523. The number of Topliss-reactive ketones (excluding diaryl/α,β-unsaturated/α-hetero) is 1. The normalized spacial score (nSPS) is 41.0. The molecule has 2 bridgehead atoms. The van der Waals surface area contributed by atoms with Gasteiger partial charge in [0, 0.05) is 5.92 Å². The van der Waals surface area contributed by atoms with E-state index >= 15 is 0 Å². The Balaban J connectivity index is 2.17. The molecule has 0 spiro atoms. The molecule has 0 aliphatic heterocycles. The van der Waals surface area contributed by atoms with Crippen LogP contribution < -0.4 is 0 Å². The van der Waals surface area contributed by atoms with Gasteiger partial charge in [0.25, 0.3) is 0 Å². The summed E-state index contributed by atoms with van der Waals surface area (Å²) in [5.74, 6) is 2.05. The summed E-state index contributed by atoms with van der Waals surface area (Å²) in [5, 5.41) is 0. The summed E-state index contributed by atoms with van der Waals surface area (Å²) in [6.07, 6.45) is 8.23. The average Bonchev–Trinajstić information content (AvgIpc) is 2.06. The topological polar surface area (TPSA) is 17.1 Å². The van der Waals surface area contributed by atoms with Crippen molar-refractivity contribution in [2.45, 2.75) is 26.2 Å². The fourth-order valence-corrected chi connectivity index (χ4v) is 2.40. The molecule has 3 atom stereocenters. The predicted octanol–water partition coefficient (Wildman–Crippen LogP) is 2.18. The molecule has 3 rings (SSSR count). The maximum Gasteiger partial charge on any atom is 0.133 e. The number of ketones is 1. The second-order valence-electron chi connectivity index (χ2n) is 3.84. The van der Waals surface area contributed by atoms with Crippen LogP contribution in [0.15, 0.2) is 12.2 Å². The van der Waals surface area contributed by atoms with E-state index in [0.29, 0.717) is 23.5 Å². The van der Waals surface area contributed by atoms with Crippen molar-refractivity contribution < 1.29 is 4.79 Å². The summed E-state index contributed by atoms with van der Waals surface area (Å²) in [6, 6.07) is 0. The molecule has 0 aromatic heterocycles. The summed E-state index contributed by atoms with van der Waals surface area (Å²) >= 11 is 0. The van der Waals surface area contributed by atoms with Crippen LogP contribution in [0.1, 0.15) is 26.2 Å². The number of carbonyl (C=O) groups is 1. The Hall–Kier alpha value is -0.590. The van der Waals surface area contributed by atoms with Crippen LogP contribution in [0.4, 0.5) is 0 Å². The van der Waals surface area contributed by atoms with Crippen molar-refractivity contribution in [1.29, 1.82) is 0 Å². The van der Waals surface area contributed by atoms with Gasteiger partial charge >= 0.3 is 0 Å². The zero-order valence-corrected chi connectivity index (χ0v) is 6.92. The van der Waals surface area contributed by atoms with Gasteiger partial charge in [-0.1, -0.05) is 12.2 Å². The third-order valence-electron chi connectivity index (χ3n) is 3.10. The SMILES string of the molecule is CC(=O)[C@@H]1C[C@@H]2C=C[C@H]1CC2. The molecule has 0 saturated heterocycles. The Morgan fingerprint density at radius 1 is 1.36 bits per heavy atom. The number of carbonyl (C=O) groups excluding carboxylic acids is 1. The lowest BCUT2D eigenvalue weighted by atomic mass is 9.68. The maximum atomic E-state index is 11.2. The van der Waals surface area contributed by atoms with Gasteiger partial charge in [-0.25, -0.2) is 0 Å². The molecule has 0 heterocycles. The summed E-state index contributed by atoms with van der Waals surface area (Å²) in [7, 11) is 0. The van der Waals surface area contributed by atoms with E-state index in [0.717, 1.165) is 6.42 Å². The zero-order chi connectivity index (χ0) is 7.84. The standard InChI is InChI=1S/C10H14O/c1-7(11)10-6-8-2-4-9(10)5-3-8/h2,4,8-10H,3,5-6H2,1H3/t8-,9+,10+/m1/s1. The number of allylic oxidation sites excluding steroid dienone is 2. The first-order valence-corrected chi connectivity index (χ1v) is 4.46. The molecule has 1 nitrogen and oxygen atoms in total. The highest BCUT2D eigenvalue weighted by atomic mass is 16.1. The highest BCUT2D eigenvalue weighted by molar-refractivity contribution is 5.79. The molecular formula is C10H14O. The first-order valence-electron chi connectivity index (χ1n) is 4.46. The van der Waals surface area contributed by atoms with Gasteiger partial charge in [-0.05, 0) is 38.0 Å². The predicted molar refractivity (Wildman–Crippen MR) is 44.1 cm³/mol. The number of rotatable bonds is 1. The molecule has 0 amide bonds. The van der Waals surface area contributed by atoms with E-state index in [-0.39, 0.29) is 0 Å². The van der Waals surface area contributed by atoms with Crippen molar-refractivity contribution in [2.24, 2.45) is 17.8 Å². The van der Waals surface area contributed by atoms with Gasteiger partial charge in [-0.2, -0.15) is 0 Å². The molecule has 1 heteroatoms. The lowest BCUT2D eigenvalue weighted by Crippen LogP contribution is -2.31. The molecule has 0 unspecified atom stereocenters. The first kappa shape index (κ1) is 7.08. The first-order chi connectivity index (χ1) is 5.27.